The second-order valence-electron chi connectivity index (χ2n) is 6.15. The summed E-state index contributed by atoms with van der Waals surface area (Å²) >= 11 is 0. The van der Waals surface area contributed by atoms with E-state index in [4.69, 9.17) is 9.47 Å². The highest BCUT2D eigenvalue weighted by Gasteiger charge is 2.43. The minimum atomic E-state index is 0.165. The average molecular weight is 291 g/mol. The summed E-state index contributed by atoms with van der Waals surface area (Å²) in [6.45, 7) is 12.5. The van der Waals surface area contributed by atoms with Gasteiger partial charge in [0.05, 0.1) is 0 Å². The van der Waals surface area contributed by atoms with E-state index in [-0.39, 0.29) is 12.2 Å². The van der Waals surface area contributed by atoms with Crippen molar-refractivity contribution in [1.29, 1.82) is 0 Å². The fourth-order valence-electron chi connectivity index (χ4n) is 3.12. The standard InChI is InChI=1S/C18H29NO2/c1-6-19-16-11-17(18(16)20-7-2)21-14-8-9-15(12(3)4)13(5)10-14/h8-10,12,16-19H,6-7,11H2,1-5H3. The maximum absolute atomic E-state index is 6.14. The predicted molar refractivity (Wildman–Crippen MR) is 87.2 cm³/mol. The Hall–Kier alpha value is -1.06. The summed E-state index contributed by atoms with van der Waals surface area (Å²) in [6, 6.07) is 6.85. The molecule has 3 nitrogen and oxygen atoms in total. The smallest absolute Gasteiger partial charge is 0.128 e. The molecule has 3 heteroatoms. The number of rotatable bonds is 7. The first-order valence-electron chi connectivity index (χ1n) is 8.19. The molecule has 0 radical (unpaired) electrons. The third-order valence-electron chi connectivity index (χ3n) is 4.23. The summed E-state index contributed by atoms with van der Waals surface area (Å²) in [5.41, 5.74) is 2.70. The molecule has 1 aromatic carbocycles. The molecule has 2 rings (SSSR count). The van der Waals surface area contributed by atoms with Crippen LogP contribution in [0.15, 0.2) is 18.2 Å². The van der Waals surface area contributed by atoms with Gasteiger partial charge in [0.15, 0.2) is 0 Å². The minimum Gasteiger partial charge on any atom is -0.488 e. The number of nitrogens with one attached hydrogen (secondary N) is 1. The van der Waals surface area contributed by atoms with E-state index < -0.39 is 0 Å². The van der Waals surface area contributed by atoms with Gasteiger partial charge in [-0.2, -0.15) is 0 Å². The summed E-state index contributed by atoms with van der Waals surface area (Å²) < 4.78 is 12.0. The molecule has 21 heavy (non-hydrogen) atoms. The second kappa shape index (κ2) is 7.28. The molecule has 3 atom stereocenters. The molecule has 1 fully saturated rings. The number of hydrogen-bond acceptors (Lipinski definition) is 3. The monoisotopic (exact) mass is 291 g/mol. The quantitative estimate of drug-likeness (QED) is 0.832. The molecule has 1 saturated carbocycles. The number of aryl methyl sites for hydroxylation is 1. The Balaban J connectivity index is 2.00. The van der Waals surface area contributed by atoms with Crippen LogP contribution in [-0.4, -0.2) is 31.4 Å². The van der Waals surface area contributed by atoms with Gasteiger partial charge in [-0.1, -0.05) is 26.8 Å². The molecule has 0 saturated heterocycles. The molecule has 3 unspecified atom stereocenters. The highest BCUT2D eigenvalue weighted by Crippen LogP contribution is 2.31. The number of benzene rings is 1. The van der Waals surface area contributed by atoms with Gasteiger partial charge >= 0.3 is 0 Å². The van der Waals surface area contributed by atoms with Crippen molar-refractivity contribution in [3.63, 3.8) is 0 Å². The zero-order valence-corrected chi connectivity index (χ0v) is 14.0. The van der Waals surface area contributed by atoms with Gasteiger partial charge in [0.1, 0.15) is 18.0 Å². The molecule has 1 aliphatic carbocycles. The van der Waals surface area contributed by atoms with Gasteiger partial charge in [0, 0.05) is 19.1 Å². The molecular weight excluding hydrogens is 262 g/mol. The Labute approximate surface area is 129 Å². The third-order valence-corrected chi connectivity index (χ3v) is 4.23. The van der Waals surface area contributed by atoms with E-state index in [1.54, 1.807) is 0 Å². The van der Waals surface area contributed by atoms with Crippen LogP contribution in [0.5, 0.6) is 5.75 Å². The van der Waals surface area contributed by atoms with Crippen molar-refractivity contribution < 1.29 is 9.47 Å². The Morgan fingerprint density at radius 1 is 1.29 bits per heavy atom. The lowest BCUT2D eigenvalue weighted by atomic mass is 9.85. The Bertz CT molecular complexity index is 459. The van der Waals surface area contributed by atoms with E-state index in [0.29, 0.717) is 12.0 Å². The van der Waals surface area contributed by atoms with Crippen LogP contribution in [0.25, 0.3) is 0 Å². The first-order valence-corrected chi connectivity index (χ1v) is 8.19. The van der Waals surface area contributed by atoms with E-state index in [1.807, 2.05) is 6.92 Å². The lowest BCUT2D eigenvalue weighted by molar-refractivity contribution is -0.104. The maximum Gasteiger partial charge on any atom is 0.128 e. The first kappa shape index (κ1) is 16.3. The molecular formula is C18H29NO2. The summed E-state index contributed by atoms with van der Waals surface area (Å²) in [5, 5.41) is 3.46. The average Bonchev–Trinajstić information content (AvgIpc) is 2.43. The number of ether oxygens (including phenoxy) is 2. The molecule has 118 valence electrons. The van der Waals surface area contributed by atoms with Crippen LogP contribution in [0.3, 0.4) is 0 Å². The van der Waals surface area contributed by atoms with Crippen LogP contribution in [0, 0.1) is 6.92 Å². The maximum atomic E-state index is 6.14. The van der Waals surface area contributed by atoms with Crippen molar-refractivity contribution in [3.8, 4) is 5.75 Å². The molecule has 0 aliphatic heterocycles. The fourth-order valence-corrected chi connectivity index (χ4v) is 3.12. The topological polar surface area (TPSA) is 30.5 Å². The fraction of sp³-hybridized carbons (Fsp3) is 0.667. The normalized spacial score (nSPS) is 25.0. The summed E-state index contributed by atoms with van der Waals surface area (Å²) in [5.74, 6) is 1.51. The van der Waals surface area contributed by atoms with Crippen molar-refractivity contribution in [2.45, 2.75) is 65.2 Å². The van der Waals surface area contributed by atoms with Crippen LogP contribution < -0.4 is 10.1 Å². The van der Waals surface area contributed by atoms with Crippen molar-refractivity contribution in [1.82, 2.24) is 5.32 Å². The van der Waals surface area contributed by atoms with E-state index in [1.165, 1.54) is 11.1 Å². The Morgan fingerprint density at radius 2 is 2.05 bits per heavy atom. The van der Waals surface area contributed by atoms with E-state index in [9.17, 15) is 0 Å². The van der Waals surface area contributed by atoms with Crippen LogP contribution in [0.2, 0.25) is 0 Å². The molecule has 1 aliphatic rings. The van der Waals surface area contributed by atoms with Gasteiger partial charge in [0.25, 0.3) is 0 Å². The molecule has 0 heterocycles. The van der Waals surface area contributed by atoms with Gasteiger partial charge in [-0.15, -0.1) is 0 Å². The van der Waals surface area contributed by atoms with E-state index in [0.717, 1.165) is 25.3 Å². The SMILES string of the molecule is CCNC1CC(Oc2ccc(C(C)C)c(C)c2)C1OCC. The lowest BCUT2D eigenvalue weighted by Crippen LogP contribution is -2.61. The van der Waals surface area contributed by atoms with E-state index >= 15 is 0 Å². The van der Waals surface area contributed by atoms with E-state index in [2.05, 4.69) is 51.2 Å². The highest BCUT2D eigenvalue weighted by molar-refractivity contribution is 5.36. The molecule has 0 aromatic heterocycles. The highest BCUT2D eigenvalue weighted by atomic mass is 16.5. The number of hydrogen-bond donors (Lipinski definition) is 1. The van der Waals surface area contributed by atoms with Gasteiger partial charge in [0.2, 0.25) is 0 Å². The molecule has 0 spiro atoms. The van der Waals surface area contributed by atoms with Crippen LogP contribution in [0.4, 0.5) is 0 Å². The van der Waals surface area contributed by atoms with Crippen LogP contribution >= 0.6 is 0 Å². The Kier molecular flexibility index (Phi) is 5.65. The van der Waals surface area contributed by atoms with Crippen molar-refractivity contribution in [2.75, 3.05) is 13.2 Å². The predicted octanol–water partition coefficient (Wildman–Crippen LogP) is 3.65. The molecule has 1 N–H and O–H groups in total. The zero-order chi connectivity index (χ0) is 15.4. The van der Waals surface area contributed by atoms with Crippen molar-refractivity contribution in [2.24, 2.45) is 0 Å². The van der Waals surface area contributed by atoms with Crippen molar-refractivity contribution >= 4 is 0 Å². The number of likely N-dealkylation sites (N-methyl/N-ethyl adjacent to an activating group) is 1. The summed E-state index contributed by atoms with van der Waals surface area (Å²) in [6.07, 6.45) is 1.35. The zero-order valence-electron chi connectivity index (χ0n) is 14.0. The first-order chi connectivity index (χ1) is 10.1. The van der Waals surface area contributed by atoms with Gasteiger partial charge in [-0.25, -0.2) is 0 Å². The summed E-state index contributed by atoms with van der Waals surface area (Å²) in [7, 11) is 0. The second-order valence-corrected chi connectivity index (χ2v) is 6.15. The lowest BCUT2D eigenvalue weighted by Gasteiger charge is -2.44. The molecule has 1 aromatic rings. The molecule has 0 bridgehead atoms. The molecule has 0 amide bonds. The largest absolute Gasteiger partial charge is 0.488 e. The van der Waals surface area contributed by atoms with Crippen molar-refractivity contribution in [3.05, 3.63) is 29.3 Å². The van der Waals surface area contributed by atoms with Crippen LogP contribution in [0.1, 0.15) is 51.2 Å². The summed E-state index contributed by atoms with van der Waals surface area (Å²) in [4.78, 5) is 0. The minimum absolute atomic E-state index is 0.165. The van der Waals surface area contributed by atoms with Gasteiger partial charge in [-0.3, -0.25) is 0 Å². The van der Waals surface area contributed by atoms with Gasteiger partial charge in [-0.05, 0) is 49.6 Å². The third kappa shape index (κ3) is 3.78. The van der Waals surface area contributed by atoms with Crippen LogP contribution in [-0.2, 0) is 4.74 Å². The Morgan fingerprint density at radius 3 is 2.62 bits per heavy atom. The van der Waals surface area contributed by atoms with Gasteiger partial charge < -0.3 is 14.8 Å².